The van der Waals surface area contributed by atoms with E-state index in [0.717, 1.165) is 31.6 Å². The lowest BCUT2D eigenvalue weighted by Crippen LogP contribution is -2.43. The molecule has 4 nitrogen and oxygen atoms in total. The maximum absolute atomic E-state index is 13.0. The number of hydrogen-bond donors (Lipinski definition) is 1. The van der Waals surface area contributed by atoms with Gasteiger partial charge < -0.3 is 19.5 Å². The molecule has 2 heterocycles. The lowest BCUT2D eigenvalue weighted by atomic mass is 9.84. The second kappa shape index (κ2) is 6.40. The van der Waals surface area contributed by atoms with Gasteiger partial charge in [-0.3, -0.25) is 0 Å². The first-order chi connectivity index (χ1) is 10.2. The van der Waals surface area contributed by atoms with Gasteiger partial charge in [0.2, 0.25) is 0 Å². The van der Waals surface area contributed by atoms with E-state index in [9.17, 15) is 9.50 Å². The fourth-order valence-electron chi connectivity index (χ4n) is 3.06. The third kappa shape index (κ3) is 3.61. The highest BCUT2D eigenvalue weighted by Crippen LogP contribution is 2.33. The van der Waals surface area contributed by atoms with Crippen LogP contribution in [0.3, 0.4) is 0 Å². The number of ether oxygens (including phenoxy) is 2. The van der Waals surface area contributed by atoms with Crippen LogP contribution in [0.15, 0.2) is 24.3 Å². The summed E-state index contributed by atoms with van der Waals surface area (Å²) in [6.45, 7) is 3.97. The number of likely N-dealkylation sites (tertiary alicyclic amines) is 1. The van der Waals surface area contributed by atoms with Crippen molar-refractivity contribution in [3.05, 3.63) is 35.6 Å². The van der Waals surface area contributed by atoms with Gasteiger partial charge in [0.05, 0.1) is 18.8 Å². The average molecular weight is 295 g/mol. The highest BCUT2D eigenvalue weighted by molar-refractivity contribution is 5.23. The average Bonchev–Trinajstić information content (AvgIpc) is 3.01. The van der Waals surface area contributed by atoms with Gasteiger partial charge in [0.25, 0.3) is 0 Å². The number of nitrogens with zero attached hydrogens (tertiary/aromatic N) is 1. The van der Waals surface area contributed by atoms with E-state index in [0.29, 0.717) is 26.1 Å². The molecule has 2 aliphatic heterocycles. The number of hydrogen-bond acceptors (Lipinski definition) is 4. The predicted octanol–water partition coefficient (Wildman–Crippen LogP) is 1.87. The zero-order valence-electron chi connectivity index (χ0n) is 12.1. The summed E-state index contributed by atoms with van der Waals surface area (Å²) < 4.78 is 23.8. The van der Waals surface area contributed by atoms with Crippen LogP contribution < -0.4 is 0 Å². The summed E-state index contributed by atoms with van der Waals surface area (Å²) in [4.78, 5) is 2.32. The first-order valence-electron chi connectivity index (χ1n) is 7.60. The van der Waals surface area contributed by atoms with E-state index in [2.05, 4.69) is 4.90 Å². The molecular formula is C16H22FNO3. The third-order valence-electron chi connectivity index (χ3n) is 4.44. The quantitative estimate of drug-likeness (QED) is 0.921. The molecule has 1 N–H and O–H groups in total. The Morgan fingerprint density at radius 1 is 1.14 bits per heavy atom. The molecule has 0 aliphatic carbocycles. The SMILES string of the molecule is OC1(c2ccc(F)cc2)CCN(CCC2OCCO2)CC1. The van der Waals surface area contributed by atoms with E-state index >= 15 is 0 Å². The fraction of sp³-hybridized carbons (Fsp3) is 0.625. The maximum atomic E-state index is 13.0. The van der Waals surface area contributed by atoms with Crippen molar-refractivity contribution in [3.63, 3.8) is 0 Å². The summed E-state index contributed by atoms with van der Waals surface area (Å²) in [7, 11) is 0. The number of halogens is 1. The predicted molar refractivity (Wildman–Crippen MR) is 76.3 cm³/mol. The molecule has 0 bridgehead atoms. The molecule has 1 aromatic rings. The Hall–Kier alpha value is -1.01. The standard InChI is InChI=1S/C16H22FNO3/c17-14-3-1-13(2-4-14)16(19)6-9-18(10-7-16)8-5-15-20-11-12-21-15/h1-4,15,19H,5-12H2. The van der Waals surface area contributed by atoms with E-state index in [4.69, 9.17) is 9.47 Å². The van der Waals surface area contributed by atoms with Crippen molar-refractivity contribution in [2.75, 3.05) is 32.8 Å². The zero-order valence-corrected chi connectivity index (χ0v) is 12.1. The van der Waals surface area contributed by atoms with Crippen LogP contribution in [-0.4, -0.2) is 49.1 Å². The summed E-state index contributed by atoms with van der Waals surface area (Å²) in [6.07, 6.45) is 2.15. The largest absolute Gasteiger partial charge is 0.385 e. The van der Waals surface area contributed by atoms with Crippen molar-refractivity contribution in [2.24, 2.45) is 0 Å². The molecule has 0 saturated carbocycles. The Morgan fingerprint density at radius 3 is 2.38 bits per heavy atom. The molecule has 0 radical (unpaired) electrons. The molecular weight excluding hydrogens is 273 g/mol. The minimum Gasteiger partial charge on any atom is -0.385 e. The van der Waals surface area contributed by atoms with Gasteiger partial charge in [-0.2, -0.15) is 0 Å². The smallest absolute Gasteiger partial charge is 0.159 e. The van der Waals surface area contributed by atoms with Crippen molar-refractivity contribution < 1.29 is 19.0 Å². The molecule has 0 atom stereocenters. The third-order valence-corrected chi connectivity index (χ3v) is 4.44. The molecule has 21 heavy (non-hydrogen) atoms. The van der Waals surface area contributed by atoms with Crippen molar-refractivity contribution >= 4 is 0 Å². The number of aliphatic hydroxyl groups is 1. The van der Waals surface area contributed by atoms with Crippen LogP contribution in [0, 0.1) is 5.82 Å². The van der Waals surface area contributed by atoms with Crippen molar-refractivity contribution in [2.45, 2.75) is 31.2 Å². The van der Waals surface area contributed by atoms with Crippen LogP contribution in [-0.2, 0) is 15.1 Å². The topological polar surface area (TPSA) is 41.9 Å². The van der Waals surface area contributed by atoms with Gasteiger partial charge in [0.1, 0.15) is 5.82 Å². The molecule has 0 spiro atoms. The molecule has 2 saturated heterocycles. The first-order valence-corrected chi connectivity index (χ1v) is 7.60. The van der Waals surface area contributed by atoms with E-state index in [1.54, 1.807) is 12.1 Å². The lowest BCUT2D eigenvalue weighted by Gasteiger charge is -2.38. The number of piperidine rings is 1. The van der Waals surface area contributed by atoms with Crippen LogP contribution in [0.2, 0.25) is 0 Å². The number of benzene rings is 1. The Kier molecular flexibility index (Phi) is 4.54. The second-order valence-electron chi connectivity index (χ2n) is 5.84. The Balaban J connectivity index is 1.50. The van der Waals surface area contributed by atoms with Crippen LogP contribution in [0.1, 0.15) is 24.8 Å². The number of rotatable bonds is 4. The summed E-state index contributed by atoms with van der Waals surface area (Å²) in [5, 5.41) is 10.7. The van der Waals surface area contributed by atoms with Crippen LogP contribution in [0.25, 0.3) is 0 Å². The van der Waals surface area contributed by atoms with Gasteiger partial charge in [-0.25, -0.2) is 4.39 Å². The molecule has 1 aromatic carbocycles. The summed E-state index contributed by atoms with van der Waals surface area (Å²) >= 11 is 0. The highest BCUT2D eigenvalue weighted by Gasteiger charge is 2.34. The van der Waals surface area contributed by atoms with Crippen molar-refractivity contribution in [1.29, 1.82) is 0 Å². The Labute approximate surface area is 124 Å². The Bertz CT molecular complexity index is 451. The van der Waals surface area contributed by atoms with E-state index in [-0.39, 0.29) is 12.1 Å². The van der Waals surface area contributed by atoms with E-state index < -0.39 is 5.60 Å². The molecule has 3 rings (SSSR count). The van der Waals surface area contributed by atoms with Gasteiger partial charge in [-0.05, 0) is 30.5 Å². The van der Waals surface area contributed by atoms with Crippen molar-refractivity contribution in [1.82, 2.24) is 4.90 Å². The van der Waals surface area contributed by atoms with Crippen LogP contribution in [0.5, 0.6) is 0 Å². The van der Waals surface area contributed by atoms with Crippen LogP contribution in [0.4, 0.5) is 4.39 Å². The monoisotopic (exact) mass is 295 g/mol. The summed E-state index contributed by atoms with van der Waals surface area (Å²) in [5.41, 5.74) is -0.0177. The summed E-state index contributed by atoms with van der Waals surface area (Å²) in [6, 6.07) is 6.19. The second-order valence-corrected chi connectivity index (χ2v) is 5.84. The molecule has 0 aromatic heterocycles. The van der Waals surface area contributed by atoms with Gasteiger partial charge in [-0.15, -0.1) is 0 Å². The van der Waals surface area contributed by atoms with Gasteiger partial charge >= 0.3 is 0 Å². The Morgan fingerprint density at radius 2 is 1.76 bits per heavy atom. The fourth-order valence-corrected chi connectivity index (χ4v) is 3.06. The van der Waals surface area contributed by atoms with E-state index in [1.807, 2.05) is 0 Å². The molecule has 0 amide bonds. The molecule has 2 fully saturated rings. The molecule has 5 heteroatoms. The normalized spacial score (nSPS) is 23.5. The summed E-state index contributed by atoms with van der Waals surface area (Å²) in [5.74, 6) is -0.267. The van der Waals surface area contributed by atoms with E-state index in [1.165, 1.54) is 12.1 Å². The van der Waals surface area contributed by atoms with Gasteiger partial charge in [0.15, 0.2) is 6.29 Å². The zero-order chi connectivity index (χ0) is 14.7. The maximum Gasteiger partial charge on any atom is 0.159 e. The molecule has 0 unspecified atom stereocenters. The van der Waals surface area contributed by atoms with Crippen LogP contribution >= 0.6 is 0 Å². The lowest BCUT2D eigenvalue weighted by molar-refractivity contribution is -0.0616. The minimum absolute atomic E-state index is 0.0668. The van der Waals surface area contributed by atoms with Gasteiger partial charge in [0, 0.05) is 26.1 Å². The highest BCUT2D eigenvalue weighted by atomic mass is 19.1. The first kappa shape index (κ1) is 14.9. The van der Waals surface area contributed by atoms with Gasteiger partial charge in [-0.1, -0.05) is 12.1 Å². The minimum atomic E-state index is -0.829. The van der Waals surface area contributed by atoms with Crippen molar-refractivity contribution in [3.8, 4) is 0 Å². The molecule has 2 aliphatic rings. The molecule has 116 valence electrons.